The van der Waals surface area contributed by atoms with Gasteiger partial charge in [0.25, 0.3) is 0 Å². The standard InChI is InChI=1S/C10H17N3O2S/c1-7-8(9(14)15)11-10(16-7)13(4)6-5-12(2)3/h5-6H2,1-4H3,(H,14,15). The lowest BCUT2D eigenvalue weighted by atomic mass is 10.4. The molecule has 1 aromatic rings. The molecule has 0 unspecified atom stereocenters. The number of carbonyl (C=O) groups is 1. The molecular formula is C10H17N3O2S. The van der Waals surface area contributed by atoms with E-state index in [4.69, 9.17) is 5.11 Å². The number of aromatic carboxylic acids is 1. The van der Waals surface area contributed by atoms with E-state index in [1.165, 1.54) is 11.3 Å². The van der Waals surface area contributed by atoms with Crippen molar-refractivity contribution >= 4 is 22.4 Å². The van der Waals surface area contributed by atoms with Gasteiger partial charge >= 0.3 is 5.97 Å². The summed E-state index contributed by atoms with van der Waals surface area (Å²) in [5.41, 5.74) is 0.164. The highest BCUT2D eigenvalue weighted by molar-refractivity contribution is 7.15. The van der Waals surface area contributed by atoms with E-state index in [1.54, 1.807) is 6.92 Å². The molecule has 0 saturated heterocycles. The van der Waals surface area contributed by atoms with Crippen LogP contribution in [0.2, 0.25) is 0 Å². The summed E-state index contributed by atoms with van der Waals surface area (Å²) in [6, 6.07) is 0. The van der Waals surface area contributed by atoms with Crippen molar-refractivity contribution in [2.45, 2.75) is 6.92 Å². The number of aryl methyl sites for hydroxylation is 1. The molecule has 0 spiro atoms. The van der Waals surface area contributed by atoms with Gasteiger partial charge in [-0.1, -0.05) is 0 Å². The molecule has 1 aromatic heterocycles. The van der Waals surface area contributed by atoms with Gasteiger partial charge in [0.15, 0.2) is 10.8 Å². The minimum Gasteiger partial charge on any atom is -0.476 e. The summed E-state index contributed by atoms with van der Waals surface area (Å²) in [6.07, 6.45) is 0. The molecule has 5 nitrogen and oxygen atoms in total. The van der Waals surface area contributed by atoms with Crippen LogP contribution in [-0.4, -0.2) is 55.2 Å². The van der Waals surface area contributed by atoms with Crippen LogP contribution in [0.5, 0.6) is 0 Å². The number of rotatable bonds is 5. The Morgan fingerprint density at radius 1 is 1.38 bits per heavy atom. The van der Waals surface area contributed by atoms with Gasteiger partial charge in [0.1, 0.15) is 0 Å². The summed E-state index contributed by atoms with van der Waals surface area (Å²) < 4.78 is 0. The van der Waals surface area contributed by atoms with Crippen molar-refractivity contribution in [1.82, 2.24) is 9.88 Å². The van der Waals surface area contributed by atoms with E-state index in [2.05, 4.69) is 9.88 Å². The van der Waals surface area contributed by atoms with E-state index < -0.39 is 5.97 Å². The van der Waals surface area contributed by atoms with Crippen LogP contribution in [0.1, 0.15) is 15.4 Å². The van der Waals surface area contributed by atoms with Gasteiger partial charge in [0, 0.05) is 25.0 Å². The van der Waals surface area contributed by atoms with Crippen LogP contribution in [0.4, 0.5) is 5.13 Å². The summed E-state index contributed by atoms with van der Waals surface area (Å²) in [7, 11) is 5.93. The Balaban J connectivity index is 2.73. The van der Waals surface area contributed by atoms with Gasteiger partial charge < -0.3 is 14.9 Å². The third-order valence-electron chi connectivity index (χ3n) is 2.20. The number of carboxylic acids is 1. The zero-order chi connectivity index (χ0) is 12.3. The van der Waals surface area contributed by atoms with Crippen LogP contribution in [-0.2, 0) is 0 Å². The molecule has 0 saturated carbocycles. The highest BCUT2D eigenvalue weighted by Crippen LogP contribution is 2.24. The zero-order valence-electron chi connectivity index (χ0n) is 10.0. The van der Waals surface area contributed by atoms with Crippen LogP contribution in [0.25, 0.3) is 0 Å². The second-order valence-electron chi connectivity index (χ2n) is 3.93. The average molecular weight is 243 g/mol. The van der Waals surface area contributed by atoms with Gasteiger partial charge in [-0.3, -0.25) is 0 Å². The van der Waals surface area contributed by atoms with Crippen molar-refractivity contribution in [3.05, 3.63) is 10.6 Å². The number of aromatic nitrogens is 1. The Hall–Kier alpha value is -1.14. The third kappa shape index (κ3) is 3.18. The molecule has 0 amide bonds. The smallest absolute Gasteiger partial charge is 0.355 e. The number of carboxylic acid groups (broad SMARTS) is 1. The van der Waals surface area contributed by atoms with Gasteiger partial charge in [-0.25, -0.2) is 9.78 Å². The van der Waals surface area contributed by atoms with Gasteiger partial charge in [0.05, 0.1) is 0 Å². The van der Waals surface area contributed by atoms with Crippen LogP contribution < -0.4 is 4.90 Å². The van der Waals surface area contributed by atoms with E-state index in [1.807, 2.05) is 26.0 Å². The normalized spacial score (nSPS) is 10.8. The number of hydrogen-bond acceptors (Lipinski definition) is 5. The van der Waals surface area contributed by atoms with Gasteiger partial charge in [-0.2, -0.15) is 0 Å². The summed E-state index contributed by atoms with van der Waals surface area (Å²) >= 11 is 1.42. The molecular weight excluding hydrogens is 226 g/mol. The highest BCUT2D eigenvalue weighted by atomic mass is 32.1. The molecule has 16 heavy (non-hydrogen) atoms. The lowest BCUT2D eigenvalue weighted by molar-refractivity contribution is 0.0690. The minimum atomic E-state index is -0.957. The molecule has 0 aliphatic rings. The molecule has 0 aliphatic carbocycles. The van der Waals surface area contributed by atoms with Gasteiger partial charge in [-0.15, -0.1) is 11.3 Å². The number of nitrogens with zero attached hydrogens (tertiary/aromatic N) is 3. The first-order chi connectivity index (χ1) is 7.41. The Kier molecular flexibility index (Phi) is 4.26. The molecule has 6 heteroatoms. The van der Waals surface area contributed by atoms with E-state index in [0.29, 0.717) is 0 Å². The maximum atomic E-state index is 10.8. The zero-order valence-corrected chi connectivity index (χ0v) is 10.8. The molecule has 1 rings (SSSR count). The van der Waals surface area contributed by atoms with E-state index >= 15 is 0 Å². The summed E-state index contributed by atoms with van der Waals surface area (Å²) in [6.45, 7) is 3.53. The van der Waals surface area contributed by atoms with Crippen molar-refractivity contribution in [3.63, 3.8) is 0 Å². The van der Waals surface area contributed by atoms with Crippen LogP contribution in [0.15, 0.2) is 0 Å². The molecule has 0 bridgehead atoms. The molecule has 90 valence electrons. The average Bonchev–Trinajstić information content (AvgIpc) is 2.56. The molecule has 1 N–H and O–H groups in total. The summed E-state index contributed by atoms with van der Waals surface area (Å²) in [4.78, 5) is 19.8. The van der Waals surface area contributed by atoms with E-state index in [0.717, 1.165) is 23.1 Å². The fourth-order valence-corrected chi connectivity index (χ4v) is 2.08. The number of anilines is 1. The van der Waals surface area contributed by atoms with Crippen molar-refractivity contribution in [3.8, 4) is 0 Å². The molecule has 0 fully saturated rings. The van der Waals surface area contributed by atoms with Crippen LogP contribution >= 0.6 is 11.3 Å². The van der Waals surface area contributed by atoms with Crippen molar-refractivity contribution in [2.24, 2.45) is 0 Å². The maximum Gasteiger partial charge on any atom is 0.355 e. The first-order valence-electron chi connectivity index (χ1n) is 4.98. The fourth-order valence-electron chi connectivity index (χ4n) is 1.19. The SMILES string of the molecule is Cc1sc(N(C)CCN(C)C)nc1C(=O)O. The van der Waals surface area contributed by atoms with E-state index in [9.17, 15) is 4.79 Å². The predicted octanol–water partition coefficient (Wildman–Crippen LogP) is 1.15. The Morgan fingerprint density at radius 2 is 2.00 bits per heavy atom. The Morgan fingerprint density at radius 3 is 2.44 bits per heavy atom. The predicted molar refractivity (Wildman–Crippen MR) is 65.6 cm³/mol. The van der Waals surface area contributed by atoms with Crippen molar-refractivity contribution in [2.75, 3.05) is 39.1 Å². The highest BCUT2D eigenvalue weighted by Gasteiger charge is 2.16. The summed E-state index contributed by atoms with van der Waals surface area (Å²) in [5.74, 6) is -0.957. The second-order valence-corrected chi connectivity index (χ2v) is 5.11. The lowest BCUT2D eigenvalue weighted by Crippen LogP contribution is -2.28. The second kappa shape index (κ2) is 5.27. The Labute approximate surface area is 99.3 Å². The first-order valence-corrected chi connectivity index (χ1v) is 5.80. The van der Waals surface area contributed by atoms with Gasteiger partial charge in [-0.05, 0) is 21.0 Å². The quantitative estimate of drug-likeness (QED) is 0.840. The third-order valence-corrected chi connectivity index (χ3v) is 3.28. The molecule has 0 aromatic carbocycles. The van der Waals surface area contributed by atoms with E-state index in [-0.39, 0.29) is 5.69 Å². The molecule has 0 aliphatic heterocycles. The van der Waals surface area contributed by atoms with Crippen LogP contribution in [0, 0.1) is 6.92 Å². The minimum absolute atomic E-state index is 0.164. The van der Waals surface area contributed by atoms with Crippen molar-refractivity contribution in [1.29, 1.82) is 0 Å². The number of likely N-dealkylation sites (N-methyl/N-ethyl adjacent to an activating group) is 2. The Bertz CT molecular complexity index is 376. The molecule has 0 atom stereocenters. The molecule has 0 radical (unpaired) electrons. The lowest BCUT2D eigenvalue weighted by Gasteiger charge is -2.18. The maximum absolute atomic E-state index is 10.8. The first kappa shape index (κ1) is 12.9. The molecule has 1 heterocycles. The monoisotopic (exact) mass is 243 g/mol. The number of hydrogen-bond donors (Lipinski definition) is 1. The fraction of sp³-hybridized carbons (Fsp3) is 0.600. The number of thiazole rings is 1. The summed E-state index contributed by atoms with van der Waals surface area (Å²) in [5, 5.41) is 9.66. The topological polar surface area (TPSA) is 56.7 Å². The van der Waals surface area contributed by atoms with Crippen LogP contribution in [0.3, 0.4) is 0 Å². The van der Waals surface area contributed by atoms with Crippen molar-refractivity contribution < 1.29 is 9.90 Å². The van der Waals surface area contributed by atoms with Gasteiger partial charge in [0.2, 0.25) is 0 Å². The largest absolute Gasteiger partial charge is 0.476 e.